The number of aliphatic hydroxyl groups excluding tert-OH is 1. The third kappa shape index (κ3) is 3.37. The van der Waals surface area contributed by atoms with Crippen LogP contribution < -0.4 is 28.4 Å². The predicted octanol–water partition coefficient (Wildman–Crippen LogP) is 2.39. The summed E-state index contributed by atoms with van der Waals surface area (Å²) in [4.78, 5) is 32.4. The van der Waals surface area contributed by atoms with Gasteiger partial charge < -0.3 is 38.4 Å². The van der Waals surface area contributed by atoms with E-state index in [2.05, 4.69) is 0 Å². The van der Waals surface area contributed by atoms with Gasteiger partial charge in [-0.25, -0.2) is 0 Å². The van der Waals surface area contributed by atoms with Crippen molar-refractivity contribution in [2.75, 3.05) is 56.3 Å². The first-order valence-electron chi connectivity index (χ1n) is 13.0. The van der Waals surface area contributed by atoms with Crippen molar-refractivity contribution in [3.8, 4) is 34.5 Å². The quantitative estimate of drug-likeness (QED) is 0.545. The molecule has 0 radical (unpaired) electrons. The van der Waals surface area contributed by atoms with Crippen LogP contribution in [0.15, 0.2) is 0 Å². The highest BCUT2D eigenvalue weighted by atomic mass is 16.5. The molecule has 3 aliphatic rings. The van der Waals surface area contributed by atoms with Crippen molar-refractivity contribution in [1.29, 1.82) is 0 Å². The Balaban J connectivity index is 1.88. The molecule has 1 amide bonds. The molecule has 216 valence electrons. The van der Waals surface area contributed by atoms with E-state index < -0.39 is 30.8 Å². The van der Waals surface area contributed by atoms with Crippen LogP contribution in [-0.4, -0.2) is 95.0 Å². The van der Waals surface area contributed by atoms with Gasteiger partial charge in [0.15, 0.2) is 28.8 Å². The molecule has 2 bridgehead atoms. The maximum atomic E-state index is 14.7. The van der Waals surface area contributed by atoms with E-state index in [1.807, 2.05) is 18.9 Å². The van der Waals surface area contributed by atoms with Crippen molar-refractivity contribution in [3.05, 3.63) is 33.4 Å². The number of hydrogen-bond acceptors (Lipinski definition) is 10. The summed E-state index contributed by atoms with van der Waals surface area (Å²) in [5, 5.41) is 10.8. The summed E-state index contributed by atoms with van der Waals surface area (Å²) in [6.07, 6.45) is 0.325. The van der Waals surface area contributed by atoms with Crippen LogP contribution in [0.5, 0.6) is 34.5 Å². The maximum absolute atomic E-state index is 14.7. The van der Waals surface area contributed by atoms with Gasteiger partial charge in [0.05, 0.1) is 73.0 Å². The molecule has 1 N–H and O–H groups in total. The lowest BCUT2D eigenvalue weighted by atomic mass is 9.72. The predicted molar refractivity (Wildman–Crippen MR) is 144 cm³/mol. The number of Topliss-reactive ketones (excluding diaryl/α,β-unsaturated/α-hetero) is 1. The van der Waals surface area contributed by atoms with Crippen molar-refractivity contribution >= 4 is 11.7 Å². The topological polar surface area (TPSA) is 116 Å². The smallest absolute Gasteiger partial charge is 0.241 e. The third-order valence-electron chi connectivity index (χ3n) is 8.70. The van der Waals surface area contributed by atoms with Crippen molar-refractivity contribution in [3.63, 3.8) is 0 Å². The Hall–Kier alpha value is -3.70. The summed E-state index contributed by atoms with van der Waals surface area (Å²) in [7, 11) is 11.0. The van der Waals surface area contributed by atoms with Crippen molar-refractivity contribution < 1.29 is 43.1 Å². The van der Waals surface area contributed by atoms with Crippen LogP contribution in [0.1, 0.15) is 50.3 Å². The Morgan fingerprint density at radius 1 is 0.725 bits per heavy atom. The number of carbonyl (C=O) groups is 2. The first kappa shape index (κ1) is 27.9. The second-order valence-corrected chi connectivity index (χ2v) is 10.2. The summed E-state index contributed by atoms with van der Waals surface area (Å²) in [6.45, 7) is 3.21. The summed E-state index contributed by atoms with van der Waals surface area (Å²) < 4.78 is 34.7. The van der Waals surface area contributed by atoms with Gasteiger partial charge in [-0.1, -0.05) is 0 Å². The lowest BCUT2D eigenvalue weighted by Crippen LogP contribution is -2.68. The number of amides is 1. The molecule has 1 fully saturated rings. The average molecular weight is 557 g/mol. The van der Waals surface area contributed by atoms with Crippen LogP contribution in [0, 0.1) is 13.8 Å². The number of methoxy groups -OCH3 is 6. The standard InChI is InChI=1S/C29H36N2O9/c1-12-23(35-4)14-10-15-29(34)31-16(11-32)18-19(24(36-5)13(2)26(38-7)28(18)40-9)22(33)21(31)20(30(15)3)17(14)27(39-8)25(12)37-6/h15-16,20-21,32H,10-11H2,1-9H3/t15-,16-,20+,21?/m0/s1. The molecular formula is C29H36N2O9. The molecule has 4 atom stereocenters. The Bertz CT molecular complexity index is 1410. The van der Waals surface area contributed by atoms with Crippen LogP contribution >= 0.6 is 0 Å². The number of hydrogen-bond donors (Lipinski definition) is 1. The summed E-state index contributed by atoms with van der Waals surface area (Å²) in [5.74, 6) is 1.94. The number of rotatable bonds is 7. The van der Waals surface area contributed by atoms with Gasteiger partial charge in [-0.05, 0) is 20.9 Å². The van der Waals surface area contributed by atoms with Crippen molar-refractivity contribution in [2.24, 2.45) is 0 Å². The molecule has 1 unspecified atom stereocenters. The van der Waals surface area contributed by atoms with Crippen LogP contribution in [0.25, 0.3) is 0 Å². The van der Waals surface area contributed by atoms with Gasteiger partial charge in [-0.15, -0.1) is 0 Å². The molecule has 0 aromatic heterocycles. The minimum Gasteiger partial charge on any atom is -0.496 e. The molecule has 40 heavy (non-hydrogen) atoms. The highest BCUT2D eigenvalue weighted by molar-refractivity contribution is 6.10. The second-order valence-electron chi connectivity index (χ2n) is 10.2. The van der Waals surface area contributed by atoms with Crippen LogP contribution in [0.3, 0.4) is 0 Å². The van der Waals surface area contributed by atoms with Gasteiger partial charge in [-0.3, -0.25) is 14.5 Å². The fourth-order valence-corrected chi connectivity index (χ4v) is 7.13. The Morgan fingerprint density at radius 3 is 1.73 bits per heavy atom. The van der Waals surface area contributed by atoms with Crippen molar-refractivity contribution in [1.82, 2.24) is 9.80 Å². The van der Waals surface area contributed by atoms with E-state index >= 15 is 0 Å². The Morgan fingerprint density at radius 2 is 1.23 bits per heavy atom. The molecule has 1 saturated heterocycles. The highest BCUT2D eigenvalue weighted by Gasteiger charge is 2.59. The number of benzene rings is 2. The van der Waals surface area contributed by atoms with E-state index in [-0.39, 0.29) is 23.0 Å². The number of piperazine rings is 1. The average Bonchev–Trinajstić information content (AvgIpc) is 2.95. The van der Waals surface area contributed by atoms with Crippen LogP contribution in [0.4, 0.5) is 0 Å². The van der Waals surface area contributed by atoms with Crippen LogP contribution in [0.2, 0.25) is 0 Å². The van der Waals surface area contributed by atoms with Crippen molar-refractivity contribution in [2.45, 2.75) is 44.4 Å². The zero-order valence-electron chi connectivity index (χ0n) is 24.3. The normalized spacial score (nSPS) is 23.2. The Labute approximate surface area is 233 Å². The van der Waals surface area contributed by atoms with Crippen LogP contribution in [-0.2, 0) is 11.2 Å². The molecule has 11 heteroatoms. The summed E-state index contributed by atoms with van der Waals surface area (Å²) in [5.41, 5.74) is 3.46. The van der Waals surface area contributed by atoms with Gasteiger partial charge in [0.1, 0.15) is 17.5 Å². The number of likely N-dealkylation sites (N-methyl/N-ethyl adjacent to an activating group) is 1. The lowest BCUT2D eigenvalue weighted by Gasteiger charge is -2.56. The second kappa shape index (κ2) is 10.0. The number of aliphatic hydroxyl groups is 1. The number of ether oxygens (including phenoxy) is 6. The molecule has 3 aliphatic heterocycles. The summed E-state index contributed by atoms with van der Waals surface area (Å²) in [6, 6.07) is -3.12. The highest BCUT2D eigenvalue weighted by Crippen LogP contribution is 2.58. The lowest BCUT2D eigenvalue weighted by molar-refractivity contribution is -0.155. The molecule has 0 aliphatic carbocycles. The number of fused-ring (bicyclic) bond motifs is 7. The largest absolute Gasteiger partial charge is 0.496 e. The summed E-state index contributed by atoms with van der Waals surface area (Å²) >= 11 is 0. The first-order valence-corrected chi connectivity index (χ1v) is 13.0. The number of ketones is 1. The molecular weight excluding hydrogens is 520 g/mol. The molecule has 5 rings (SSSR count). The Kier molecular flexibility index (Phi) is 6.99. The molecule has 0 saturated carbocycles. The molecule has 11 nitrogen and oxygen atoms in total. The van der Waals surface area contributed by atoms with E-state index in [0.29, 0.717) is 51.9 Å². The maximum Gasteiger partial charge on any atom is 0.241 e. The van der Waals surface area contributed by atoms with Gasteiger partial charge in [-0.2, -0.15) is 0 Å². The number of nitrogens with zero attached hydrogens (tertiary/aromatic N) is 2. The van der Waals surface area contributed by atoms with Gasteiger partial charge in [0, 0.05) is 34.2 Å². The van der Waals surface area contributed by atoms with Gasteiger partial charge >= 0.3 is 0 Å². The molecule has 2 aromatic rings. The molecule has 3 heterocycles. The SMILES string of the molecule is COc1c(C)c(OC)c(OC)c2c1C[C@H]1C(=O)N3C(C(=O)c4c(OC)c(C)c(OC)c(OC)c4[C@@H]3CO)[C@@H]2N1C. The monoisotopic (exact) mass is 556 g/mol. The minimum absolute atomic E-state index is 0.259. The zero-order valence-corrected chi connectivity index (χ0v) is 24.3. The molecule has 2 aromatic carbocycles. The van der Waals surface area contributed by atoms with Gasteiger partial charge in [0.25, 0.3) is 0 Å². The van der Waals surface area contributed by atoms with E-state index in [1.54, 1.807) is 28.3 Å². The number of carbonyl (C=O) groups excluding carboxylic acids is 2. The molecule has 0 spiro atoms. The minimum atomic E-state index is -1.00. The first-order chi connectivity index (χ1) is 19.2. The zero-order chi connectivity index (χ0) is 29.2. The fourth-order valence-electron chi connectivity index (χ4n) is 7.13. The van der Waals surface area contributed by atoms with E-state index in [0.717, 1.165) is 11.1 Å². The fraction of sp³-hybridized carbons (Fsp3) is 0.517. The van der Waals surface area contributed by atoms with Gasteiger partial charge in [0.2, 0.25) is 5.91 Å². The third-order valence-corrected chi connectivity index (χ3v) is 8.70. The van der Waals surface area contributed by atoms with E-state index in [1.165, 1.54) is 26.2 Å². The van der Waals surface area contributed by atoms with E-state index in [4.69, 9.17) is 28.4 Å². The van der Waals surface area contributed by atoms with E-state index in [9.17, 15) is 14.7 Å².